The molecule has 0 radical (unpaired) electrons. The monoisotopic (exact) mass is 308 g/mol. The van der Waals surface area contributed by atoms with Gasteiger partial charge in [0.25, 0.3) is 0 Å². The molecule has 20 heavy (non-hydrogen) atoms. The molecule has 0 aromatic rings. The number of phosphoric ester groups is 1. The summed E-state index contributed by atoms with van der Waals surface area (Å²) in [6.07, 6.45) is 13.0. The molecule has 0 amide bonds. The van der Waals surface area contributed by atoms with Crippen molar-refractivity contribution in [1.82, 2.24) is 0 Å². The maximum Gasteiger partial charge on any atom is 0.526 e. The van der Waals surface area contributed by atoms with Crippen LogP contribution in [0.2, 0.25) is 0 Å². The molecule has 0 aliphatic rings. The largest absolute Gasteiger partial charge is 0.526 e. The topological polar surface area (TPSA) is 83.8 Å². The van der Waals surface area contributed by atoms with Crippen LogP contribution in [0, 0.1) is 0 Å². The molecule has 0 unspecified atom stereocenters. The number of carbonyl (C=O) groups is 1. The van der Waals surface area contributed by atoms with Crippen molar-refractivity contribution in [2.24, 2.45) is 0 Å². The Morgan fingerprint density at radius 3 is 1.65 bits per heavy atom. The van der Waals surface area contributed by atoms with Crippen molar-refractivity contribution in [2.45, 2.75) is 84.0 Å². The normalized spacial score (nSPS) is 11.6. The third kappa shape index (κ3) is 15.7. The zero-order valence-corrected chi connectivity index (χ0v) is 13.4. The average Bonchev–Trinajstić information content (AvgIpc) is 2.34. The van der Waals surface area contributed by atoms with Crippen LogP contribution in [-0.4, -0.2) is 15.8 Å². The molecule has 0 atom stereocenters. The molecule has 0 aliphatic heterocycles. The first-order valence-electron chi connectivity index (χ1n) is 7.73. The Morgan fingerprint density at radius 1 is 0.850 bits per heavy atom. The molecule has 0 rings (SSSR count). The van der Waals surface area contributed by atoms with Gasteiger partial charge < -0.3 is 4.52 Å². The smallest absolute Gasteiger partial charge is 0.371 e. The molecule has 0 heterocycles. The van der Waals surface area contributed by atoms with Crippen LogP contribution in [0.15, 0.2) is 0 Å². The molecule has 5 nitrogen and oxygen atoms in total. The fraction of sp³-hybridized carbons (Fsp3) is 0.929. The molecular weight excluding hydrogens is 279 g/mol. The standard InChI is InChI=1S/C14H29O5P/c1-2-3-4-5-6-7-8-9-10-11-12-13-14(15)19-20(16,17)18/h2-13H2,1H3,(H2,16,17,18). The van der Waals surface area contributed by atoms with E-state index in [4.69, 9.17) is 9.79 Å². The molecule has 0 aliphatic carbocycles. The lowest BCUT2D eigenvalue weighted by atomic mass is 10.1. The third-order valence-electron chi connectivity index (χ3n) is 3.21. The summed E-state index contributed by atoms with van der Waals surface area (Å²) in [5.74, 6) is -0.811. The van der Waals surface area contributed by atoms with Crippen molar-refractivity contribution in [3.63, 3.8) is 0 Å². The number of rotatable bonds is 13. The van der Waals surface area contributed by atoms with Gasteiger partial charge in [0.2, 0.25) is 0 Å². The van der Waals surface area contributed by atoms with Crippen LogP contribution in [0.1, 0.15) is 84.0 Å². The van der Waals surface area contributed by atoms with Gasteiger partial charge in [-0.3, -0.25) is 14.6 Å². The van der Waals surface area contributed by atoms with Gasteiger partial charge >= 0.3 is 13.8 Å². The Labute approximate surface area is 122 Å². The molecule has 120 valence electrons. The van der Waals surface area contributed by atoms with E-state index in [1.165, 1.54) is 51.4 Å². The summed E-state index contributed by atoms with van der Waals surface area (Å²) < 4.78 is 14.4. The van der Waals surface area contributed by atoms with E-state index in [0.717, 1.165) is 12.8 Å². The van der Waals surface area contributed by atoms with E-state index in [9.17, 15) is 9.36 Å². The summed E-state index contributed by atoms with van der Waals surface area (Å²) in [5.41, 5.74) is 0. The van der Waals surface area contributed by atoms with Crippen LogP contribution < -0.4 is 0 Å². The first-order chi connectivity index (χ1) is 9.45. The van der Waals surface area contributed by atoms with Crippen molar-refractivity contribution in [3.05, 3.63) is 0 Å². The second-order valence-corrected chi connectivity index (χ2v) is 6.40. The Hall–Kier alpha value is -0.380. The minimum absolute atomic E-state index is 0.0854. The van der Waals surface area contributed by atoms with Crippen LogP contribution in [-0.2, 0) is 13.9 Å². The van der Waals surface area contributed by atoms with Gasteiger partial charge in [0.15, 0.2) is 0 Å². The Bertz CT molecular complexity index is 287. The number of unbranched alkanes of at least 4 members (excludes halogenated alkanes) is 10. The molecule has 0 bridgehead atoms. The number of hydrogen-bond acceptors (Lipinski definition) is 3. The zero-order chi connectivity index (χ0) is 15.3. The highest BCUT2D eigenvalue weighted by molar-refractivity contribution is 7.46. The minimum atomic E-state index is -4.65. The highest BCUT2D eigenvalue weighted by Gasteiger charge is 2.19. The van der Waals surface area contributed by atoms with Gasteiger partial charge in [-0.05, 0) is 6.42 Å². The second-order valence-electron chi connectivity index (χ2n) is 5.24. The Balaban J connectivity index is 3.21. The Kier molecular flexibility index (Phi) is 12.1. The summed E-state index contributed by atoms with van der Waals surface area (Å²) in [7, 11) is -4.65. The minimum Gasteiger partial charge on any atom is -0.371 e. The average molecular weight is 308 g/mol. The van der Waals surface area contributed by atoms with Crippen LogP contribution in [0.5, 0.6) is 0 Å². The molecule has 0 aromatic heterocycles. The highest BCUT2D eigenvalue weighted by Crippen LogP contribution is 2.36. The van der Waals surface area contributed by atoms with Crippen molar-refractivity contribution in [3.8, 4) is 0 Å². The molecule has 0 saturated carbocycles. The van der Waals surface area contributed by atoms with E-state index in [1.54, 1.807) is 0 Å². The summed E-state index contributed by atoms with van der Waals surface area (Å²) >= 11 is 0. The summed E-state index contributed by atoms with van der Waals surface area (Å²) in [6, 6.07) is 0. The van der Waals surface area contributed by atoms with Crippen molar-refractivity contribution >= 4 is 13.8 Å². The lowest BCUT2D eigenvalue weighted by Gasteiger charge is -2.05. The van der Waals surface area contributed by atoms with Gasteiger partial charge in [-0.1, -0.05) is 71.1 Å². The fourth-order valence-electron chi connectivity index (χ4n) is 2.11. The molecule has 0 saturated heterocycles. The first-order valence-corrected chi connectivity index (χ1v) is 9.26. The first kappa shape index (κ1) is 19.6. The highest BCUT2D eigenvalue weighted by atomic mass is 31.2. The zero-order valence-electron chi connectivity index (χ0n) is 12.6. The van der Waals surface area contributed by atoms with Crippen LogP contribution in [0.3, 0.4) is 0 Å². The van der Waals surface area contributed by atoms with Crippen molar-refractivity contribution < 1.29 is 23.7 Å². The molecule has 0 aromatic carbocycles. The Morgan fingerprint density at radius 2 is 1.25 bits per heavy atom. The number of carbonyl (C=O) groups excluding carboxylic acids is 1. The van der Waals surface area contributed by atoms with Gasteiger partial charge in [-0.25, -0.2) is 4.57 Å². The lowest BCUT2D eigenvalue weighted by Crippen LogP contribution is -2.01. The molecule has 0 spiro atoms. The van der Waals surface area contributed by atoms with E-state index in [-0.39, 0.29) is 6.42 Å². The van der Waals surface area contributed by atoms with Crippen molar-refractivity contribution in [1.29, 1.82) is 0 Å². The number of hydrogen-bond donors (Lipinski definition) is 2. The predicted molar refractivity (Wildman–Crippen MR) is 79.2 cm³/mol. The fourth-order valence-corrected chi connectivity index (χ4v) is 2.47. The third-order valence-corrected chi connectivity index (χ3v) is 3.65. The van der Waals surface area contributed by atoms with E-state index in [2.05, 4.69) is 11.4 Å². The quantitative estimate of drug-likeness (QED) is 0.391. The van der Waals surface area contributed by atoms with Gasteiger partial charge in [-0.15, -0.1) is 0 Å². The van der Waals surface area contributed by atoms with Gasteiger partial charge in [0.1, 0.15) is 0 Å². The van der Waals surface area contributed by atoms with Gasteiger partial charge in [0.05, 0.1) is 0 Å². The molecular formula is C14H29O5P. The molecule has 0 fully saturated rings. The molecule has 6 heteroatoms. The van der Waals surface area contributed by atoms with E-state index in [0.29, 0.717) is 6.42 Å². The number of phosphoric acid groups is 1. The summed E-state index contributed by atoms with van der Waals surface area (Å²) in [4.78, 5) is 27.9. The summed E-state index contributed by atoms with van der Waals surface area (Å²) in [6.45, 7) is 2.22. The van der Waals surface area contributed by atoms with Crippen LogP contribution in [0.25, 0.3) is 0 Å². The van der Waals surface area contributed by atoms with E-state index in [1.807, 2.05) is 0 Å². The van der Waals surface area contributed by atoms with Crippen LogP contribution in [0.4, 0.5) is 0 Å². The maximum absolute atomic E-state index is 11.0. The van der Waals surface area contributed by atoms with Crippen molar-refractivity contribution in [2.75, 3.05) is 0 Å². The van der Waals surface area contributed by atoms with Crippen LogP contribution >= 0.6 is 7.82 Å². The lowest BCUT2D eigenvalue weighted by molar-refractivity contribution is -0.135. The second kappa shape index (κ2) is 12.4. The van der Waals surface area contributed by atoms with Gasteiger partial charge in [-0.2, -0.15) is 0 Å². The molecule has 2 N–H and O–H groups in total. The van der Waals surface area contributed by atoms with Gasteiger partial charge in [0, 0.05) is 6.42 Å². The summed E-state index contributed by atoms with van der Waals surface area (Å²) in [5, 5.41) is 0. The maximum atomic E-state index is 11.0. The van der Waals surface area contributed by atoms with E-state index < -0.39 is 13.8 Å². The predicted octanol–water partition coefficient (Wildman–Crippen LogP) is 4.32. The van der Waals surface area contributed by atoms with E-state index >= 15 is 0 Å². The SMILES string of the molecule is CCCCCCCCCCCCCC(=O)OP(=O)(O)O.